The Morgan fingerprint density at radius 1 is 1.23 bits per heavy atom. The molecule has 1 aromatic carbocycles. The standard InChI is InChI=1S/C22H21F5N2O6/c1-31-19-16(32-9-10-34-22(25,26)27)6-5-15(28-19)20(30)29-8-7-21(17(11-29)33-12-35-21)13-3-2-4-14(23)18(13)24/h2-6,17H,7-12H2,1H3/t17-,21-/m1/s1. The first-order valence-electron chi connectivity index (χ1n) is 10.5. The number of amides is 1. The Labute approximate surface area is 196 Å². The summed E-state index contributed by atoms with van der Waals surface area (Å²) in [5.74, 6) is -2.59. The van der Waals surface area contributed by atoms with E-state index in [0.717, 1.165) is 6.07 Å². The third-order valence-corrected chi connectivity index (χ3v) is 5.78. The van der Waals surface area contributed by atoms with E-state index >= 15 is 0 Å². The molecule has 4 rings (SSSR count). The summed E-state index contributed by atoms with van der Waals surface area (Å²) in [6, 6.07) is 6.51. The number of carbonyl (C=O) groups is 1. The van der Waals surface area contributed by atoms with Gasteiger partial charge < -0.3 is 23.8 Å². The number of benzene rings is 1. The number of nitrogens with zero attached hydrogens (tertiary/aromatic N) is 2. The fourth-order valence-corrected chi connectivity index (χ4v) is 4.15. The number of piperidine rings is 1. The van der Waals surface area contributed by atoms with Crippen LogP contribution in [-0.4, -0.2) is 68.5 Å². The molecule has 190 valence electrons. The van der Waals surface area contributed by atoms with Crippen molar-refractivity contribution in [2.24, 2.45) is 0 Å². The van der Waals surface area contributed by atoms with Crippen molar-refractivity contribution >= 4 is 5.91 Å². The molecule has 1 amide bonds. The number of fused-ring (bicyclic) bond motifs is 1. The molecule has 0 N–H and O–H groups in total. The summed E-state index contributed by atoms with van der Waals surface area (Å²) in [5.41, 5.74) is -1.21. The maximum Gasteiger partial charge on any atom is 0.522 e. The van der Waals surface area contributed by atoms with Gasteiger partial charge in [-0.25, -0.2) is 13.8 Å². The largest absolute Gasteiger partial charge is 0.522 e. The van der Waals surface area contributed by atoms with E-state index in [-0.39, 0.29) is 49.2 Å². The van der Waals surface area contributed by atoms with Crippen LogP contribution in [0.2, 0.25) is 0 Å². The maximum absolute atomic E-state index is 14.5. The van der Waals surface area contributed by atoms with E-state index < -0.39 is 48.8 Å². The van der Waals surface area contributed by atoms with Gasteiger partial charge in [-0.15, -0.1) is 13.2 Å². The minimum atomic E-state index is -4.78. The molecular weight excluding hydrogens is 483 g/mol. The van der Waals surface area contributed by atoms with Gasteiger partial charge >= 0.3 is 6.36 Å². The Bertz CT molecular complexity index is 1080. The highest BCUT2D eigenvalue weighted by atomic mass is 19.4. The number of hydrogen-bond donors (Lipinski definition) is 0. The second-order valence-corrected chi connectivity index (χ2v) is 7.76. The fraction of sp³-hybridized carbons (Fsp3) is 0.455. The second kappa shape index (κ2) is 9.91. The molecule has 2 aliphatic rings. The second-order valence-electron chi connectivity index (χ2n) is 7.76. The Morgan fingerprint density at radius 3 is 2.77 bits per heavy atom. The van der Waals surface area contributed by atoms with Crippen LogP contribution in [-0.2, 0) is 19.8 Å². The minimum absolute atomic E-state index is 0.0101. The summed E-state index contributed by atoms with van der Waals surface area (Å²) >= 11 is 0. The zero-order chi connectivity index (χ0) is 25.2. The topological polar surface area (TPSA) is 79.4 Å². The maximum atomic E-state index is 14.5. The molecule has 0 saturated carbocycles. The van der Waals surface area contributed by atoms with E-state index in [1.165, 1.54) is 36.3 Å². The summed E-state index contributed by atoms with van der Waals surface area (Å²) in [6.07, 6.45) is -5.36. The number of carbonyl (C=O) groups excluding carboxylic acids is 1. The van der Waals surface area contributed by atoms with Gasteiger partial charge in [-0.05, 0) is 18.2 Å². The molecule has 3 heterocycles. The third-order valence-electron chi connectivity index (χ3n) is 5.78. The smallest absolute Gasteiger partial charge is 0.486 e. The highest BCUT2D eigenvalue weighted by Crippen LogP contribution is 2.44. The fourth-order valence-electron chi connectivity index (χ4n) is 4.15. The molecule has 0 spiro atoms. The van der Waals surface area contributed by atoms with Crippen molar-refractivity contribution in [2.45, 2.75) is 24.5 Å². The lowest BCUT2D eigenvalue weighted by Gasteiger charge is -2.41. The van der Waals surface area contributed by atoms with Crippen LogP contribution in [0.15, 0.2) is 30.3 Å². The van der Waals surface area contributed by atoms with E-state index in [4.69, 9.17) is 18.9 Å². The predicted molar refractivity (Wildman–Crippen MR) is 108 cm³/mol. The lowest BCUT2D eigenvalue weighted by Crippen LogP contribution is -2.54. The number of halogens is 5. The van der Waals surface area contributed by atoms with E-state index in [1.807, 2.05) is 0 Å². The van der Waals surface area contributed by atoms with Crippen molar-refractivity contribution in [1.29, 1.82) is 0 Å². The quantitative estimate of drug-likeness (QED) is 0.423. The van der Waals surface area contributed by atoms with Gasteiger partial charge in [0, 0.05) is 18.5 Å². The number of alkyl halides is 3. The number of ether oxygens (including phenoxy) is 5. The highest BCUT2D eigenvalue weighted by molar-refractivity contribution is 5.92. The number of likely N-dealkylation sites (tertiary alicyclic amines) is 1. The highest BCUT2D eigenvalue weighted by Gasteiger charge is 2.52. The van der Waals surface area contributed by atoms with Gasteiger partial charge in [0.2, 0.25) is 0 Å². The number of methoxy groups -OCH3 is 1. The molecule has 0 bridgehead atoms. The van der Waals surface area contributed by atoms with Crippen molar-refractivity contribution in [3.05, 3.63) is 53.2 Å². The molecular formula is C22H21F5N2O6. The number of hydrogen-bond acceptors (Lipinski definition) is 7. The summed E-state index contributed by atoms with van der Waals surface area (Å²) in [7, 11) is 1.27. The van der Waals surface area contributed by atoms with Crippen LogP contribution >= 0.6 is 0 Å². The molecule has 1 aromatic heterocycles. The van der Waals surface area contributed by atoms with Crippen molar-refractivity contribution in [3.8, 4) is 11.6 Å². The van der Waals surface area contributed by atoms with E-state index in [0.29, 0.717) is 0 Å². The lowest BCUT2D eigenvalue weighted by molar-refractivity contribution is -0.325. The molecule has 13 heteroatoms. The van der Waals surface area contributed by atoms with Gasteiger partial charge in [-0.2, -0.15) is 0 Å². The van der Waals surface area contributed by atoms with Gasteiger partial charge in [0.1, 0.15) is 30.8 Å². The molecule has 8 nitrogen and oxygen atoms in total. The SMILES string of the molecule is COc1nc(C(=O)N2CC[C@]3(c4cccc(F)c4F)OCO[C@@H]3C2)ccc1OCCOC(F)(F)F. The Hall–Kier alpha value is -3.03. The zero-order valence-corrected chi connectivity index (χ0v) is 18.4. The predicted octanol–water partition coefficient (Wildman–Crippen LogP) is 3.40. The Balaban J connectivity index is 1.45. The Kier molecular flexibility index (Phi) is 7.10. The zero-order valence-electron chi connectivity index (χ0n) is 18.4. The van der Waals surface area contributed by atoms with Gasteiger partial charge in [0.15, 0.2) is 17.4 Å². The molecule has 2 aromatic rings. The van der Waals surface area contributed by atoms with Crippen molar-refractivity contribution in [2.75, 3.05) is 40.2 Å². The van der Waals surface area contributed by atoms with E-state index in [9.17, 15) is 26.7 Å². The first kappa shape index (κ1) is 25.1. The molecule has 0 radical (unpaired) electrons. The average Bonchev–Trinajstić information content (AvgIpc) is 3.26. The van der Waals surface area contributed by atoms with Crippen LogP contribution in [0.1, 0.15) is 22.5 Å². The van der Waals surface area contributed by atoms with Crippen molar-refractivity contribution < 1.29 is 50.4 Å². The van der Waals surface area contributed by atoms with Crippen LogP contribution in [0.3, 0.4) is 0 Å². The first-order chi connectivity index (χ1) is 16.6. The molecule has 2 fully saturated rings. The lowest BCUT2D eigenvalue weighted by atomic mass is 9.81. The molecule has 0 aliphatic carbocycles. The average molecular weight is 504 g/mol. The van der Waals surface area contributed by atoms with Crippen LogP contribution in [0.5, 0.6) is 11.6 Å². The number of pyridine rings is 1. The molecule has 2 saturated heterocycles. The van der Waals surface area contributed by atoms with Crippen molar-refractivity contribution in [1.82, 2.24) is 9.88 Å². The summed E-state index contributed by atoms with van der Waals surface area (Å²) < 4.78 is 89.9. The van der Waals surface area contributed by atoms with Gasteiger partial charge in [0.05, 0.1) is 20.3 Å². The van der Waals surface area contributed by atoms with Gasteiger partial charge in [0.25, 0.3) is 11.8 Å². The third kappa shape index (κ3) is 5.16. The van der Waals surface area contributed by atoms with Crippen molar-refractivity contribution in [3.63, 3.8) is 0 Å². The van der Waals surface area contributed by atoms with E-state index in [1.54, 1.807) is 0 Å². The summed E-state index contributed by atoms with van der Waals surface area (Å²) in [6.45, 7) is -1.12. The molecule has 2 atom stereocenters. The van der Waals surface area contributed by atoms with Crippen LogP contribution in [0, 0.1) is 11.6 Å². The number of aromatic nitrogens is 1. The minimum Gasteiger partial charge on any atom is -0.486 e. The first-order valence-corrected chi connectivity index (χ1v) is 10.5. The van der Waals surface area contributed by atoms with Gasteiger partial charge in [-0.3, -0.25) is 9.53 Å². The van der Waals surface area contributed by atoms with Crippen LogP contribution < -0.4 is 9.47 Å². The summed E-state index contributed by atoms with van der Waals surface area (Å²) in [4.78, 5) is 18.6. The monoisotopic (exact) mass is 504 g/mol. The Morgan fingerprint density at radius 2 is 2.03 bits per heavy atom. The molecule has 0 unspecified atom stereocenters. The normalized spacial score (nSPS) is 22.1. The summed E-state index contributed by atoms with van der Waals surface area (Å²) in [5, 5.41) is 0. The number of rotatable bonds is 7. The van der Waals surface area contributed by atoms with Gasteiger partial charge in [-0.1, -0.05) is 12.1 Å². The van der Waals surface area contributed by atoms with E-state index in [2.05, 4.69) is 9.72 Å². The molecule has 2 aliphatic heterocycles. The van der Waals surface area contributed by atoms with Crippen LogP contribution in [0.4, 0.5) is 22.0 Å². The van der Waals surface area contributed by atoms with Crippen LogP contribution in [0.25, 0.3) is 0 Å². The molecule has 35 heavy (non-hydrogen) atoms.